The normalized spacial score (nSPS) is 16.6. The Morgan fingerprint density at radius 2 is 2.06 bits per heavy atom. The lowest BCUT2D eigenvalue weighted by Gasteiger charge is -2.25. The summed E-state index contributed by atoms with van der Waals surface area (Å²) in [5.41, 5.74) is 0.685. The van der Waals surface area contributed by atoms with Gasteiger partial charge in [-0.3, -0.25) is 0 Å². The lowest BCUT2D eigenvalue weighted by molar-refractivity contribution is -0.191. The van der Waals surface area contributed by atoms with E-state index in [-0.39, 0.29) is 12.4 Å². The average molecular weight is 289 g/mol. The van der Waals surface area contributed by atoms with Crippen molar-refractivity contribution in [3.63, 3.8) is 0 Å². The summed E-state index contributed by atoms with van der Waals surface area (Å²) in [5.74, 6) is -0.318. The number of benzene rings is 1. The van der Waals surface area contributed by atoms with E-state index >= 15 is 0 Å². The van der Waals surface area contributed by atoms with E-state index in [1.165, 1.54) is 0 Å². The van der Waals surface area contributed by atoms with Crippen LogP contribution in [0.2, 0.25) is 10.0 Å². The summed E-state index contributed by atoms with van der Waals surface area (Å²) in [6.07, 6.45) is 0.128. The van der Waals surface area contributed by atoms with E-state index in [9.17, 15) is 4.79 Å². The van der Waals surface area contributed by atoms with E-state index in [0.717, 1.165) is 13.1 Å². The van der Waals surface area contributed by atoms with Crippen molar-refractivity contribution in [2.24, 2.45) is 0 Å². The third-order valence-corrected chi connectivity index (χ3v) is 3.53. The summed E-state index contributed by atoms with van der Waals surface area (Å²) < 4.78 is 0. The number of carbonyl (C=O) groups excluding carboxylic acids is 1. The third-order valence-electron chi connectivity index (χ3n) is 2.67. The molecule has 98 valence electrons. The number of piperazine rings is 1. The molecule has 1 aliphatic rings. The molecule has 0 saturated carbocycles. The van der Waals surface area contributed by atoms with Crippen LogP contribution in [0, 0.1) is 0 Å². The maximum Gasteiger partial charge on any atom is 0.329 e. The van der Waals surface area contributed by atoms with E-state index in [1.54, 1.807) is 23.3 Å². The van der Waals surface area contributed by atoms with Crippen molar-refractivity contribution in [3.05, 3.63) is 33.8 Å². The quantitative estimate of drug-likeness (QED) is 0.923. The van der Waals surface area contributed by atoms with Crippen LogP contribution in [-0.2, 0) is 16.1 Å². The van der Waals surface area contributed by atoms with E-state index in [4.69, 9.17) is 28.0 Å². The summed E-state index contributed by atoms with van der Waals surface area (Å²) in [5, 5.41) is 5.71. The third kappa shape index (κ3) is 3.59. The zero-order chi connectivity index (χ0) is 13.0. The Balaban J connectivity index is 1.92. The van der Waals surface area contributed by atoms with Crippen molar-refractivity contribution in [1.82, 2.24) is 10.4 Å². The summed E-state index contributed by atoms with van der Waals surface area (Å²) in [4.78, 5) is 17.0. The number of hydrogen-bond donors (Lipinski definition) is 1. The predicted octanol–water partition coefficient (Wildman–Crippen LogP) is 1.90. The molecule has 6 heteroatoms. The fraction of sp³-hybridized carbons (Fsp3) is 0.417. The maximum atomic E-state index is 11.8. The molecule has 0 radical (unpaired) electrons. The number of hydrogen-bond acceptors (Lipinski definition) is 4. The topological polar surface area (TPSA) is 41.6 Å². The molecule has 0 aromatic heterocycles. The molecule has 1 aromatic carbocycles. The van der Waals surface area contributed by atoms with Crippen LogP contribution >= 0.6 is 23.2 Å². The van der Waals surface area contributed by atoms with Crippen molar-refractivity contribution in [3.8, 4) is 0 Å². The van der Waals surface area contributed by atoms with Crippen LogP contribution in [0.25, 0.3) is 0 Å². The molecule has 0 aliphatic carbocycles. The minimum absolute atomic E-state index is 0.128. The molecule has 18 heavy (non-hydrogen) atoms. The molecule has 4 nitrogen and oxygen atoms in total. The summed E-state index contributed by atoms with van der Waals surface area (Å²) in [7, 11) is 0. The van der Waals surface area contributed by atoms with Crippen molar-refractivity contribution in [1.29, 1.82) is 0 Å². The van der Waals surface area contributed by atoms with E-state index < -0.39 is 0 Å². The first-order valence-electron chi connectivity index (χ1n) is 5.76. The standard InChI is InChI=1S/C12H14Cl2N2O2/c13-10-3-1-2-9(12(10)14)8-11(17)18-16-6-4-15-5-7-16/h1-3,15H,4-8H2. The number of nitrogens with zero attached hydrogens (tertiary/aromatic N) is 1. The first-order valence-corrected chi connectivity index (χ1v) is 6.52. The molecule has 1 aromatic rings. The highest BCUT2D eigenvalue weighted by molar-refractivity contribution is 6.42. The zero-order valence-corrected chi connectivity index (χ0v) is 11.3. The fourth-order valence-electron chi connectivity index (χ4n) is 1.75. The summed E-state index contributed by atoms with van der Waals surface area (Å²) in [6, 6.07) is 5.23. The highest BCUT2D eigenvalue weighted by atomic mass is 35.5. The molecule has 0 atom stereocenters. The van der Waals surface area contributed by atoms with Crippen molar-refractivity contribution in [2.45, 2.75) is 6.42 Å². The van der Waals surface area contributed by atoms with Gasteiger partial charge < -0.3 is 10.2 Å². The Labute approximate surface area is 116 Å². The minimum Gasteiger partial charge on any atom is -0.367 e. The number of rotatable bonds is 3. The lowest BCUT2D eigenvalue weighted by atomic mass is 10.1. The molecule has 1 aliphatic heterocycles. The van der Waals surface area contributed by atoms with Crippen LogP contribution < -0.4 is 5.32 Å². The Bertz CT molecular complexity index is 434. The van der Waals surface area contributed by atoms with Crippen LogP contribution in [0.4, 0.5) is 0 Å². The molecule has 1 N–H and O–H groups in total. The number of carbonyl (C=O) groups is 1. The smallest absolute Gasteiger partial charge is 0.329 e. The SMILES string of the molecule is O=C(Cc1cccc(Cl)c1Cl)ON1CCNCC1. The van der Waals surface area contributed by atoms with Gasteiger partial charge in [-0.25, -0.2) is 4.79 Å². The second kappa shape index (κ2) is 6.38. The second-order valence-corrected chi connectivity index (χ2v) is 4.82. The lowest BCUT2D eigenvalue weighted by Crippen LogP contribution is -2.44. The van der Waals surface area contributed by atoms with Crippen LogP contribution in [-0.4, -0.2) is 37.2 Å². The fourth-order valence-corrected chi connectivity index (χ4v) is 2.14. The Morgan fingerprint density at radius 3 is 2.78 bits per heavy atom. The molecule has 1 heterocycles. The number of hydroxylamine groups is 2. The van der Waals surface area contributed by atoms with E-state index in [0.29, 0.717) is 28.7 Å². The predicted molar refractivity (Wildman–Crippen MR) is 70.7 cm³/mol. The van der Waals surface area contributed by atoms with Gasteiger partial charge in [0.25, 0.3) is 0 Å². The van der Waals surface area contributed by atoms with Gasteiger partial charge >= 0.3 is 5.97 Å². The van der Waals surface area contributed by atoms with Gasteiger partial charge in [-0.15, -0.1) is 5.06 Å². The first-order chi connectivity index (χ1) is 8.66. The minimum atomic E-state index is -0.318. The molecule has 2 rings (SSSR count). The van der Waals surface area contributed by atoms with Gasteiger partial charge in [0.05, 0.1) is 16.5 Å². The van der Waals surface area contributed by atoms with Gasteiger partial charge in [0.15, 0.2) is 0 Å². The molecular formula is C12H14Cl2N2O2. The van der Waals surface area contributed by atoms with Gasteiger partial charge in [-0.1, -0.05) is 35.3 Å². The van der Waals surface area contributed by atoms with Crippen molar-refractivity contribution < 1.29 is 9.63 Å². The van der Waals surface area contributed by atoms with Gasteiger partial charge in [0.2, 0.25) is 0 Å². The van der Waals surface area contributed by atoms with Crippen LogP contribution in [0.15, 0.2) is 18.2 Å². The van der Waals surface area contributed by atoms with Gasteiger partial charge in [0, 0.05) is 26.2 Å². The molecule has 1 fully saturated rings. The van der Waals surface area contributed by atoms with Crippen molar-refractivity contribution in [2.75, 3.05) is 26.2 Å². The van der Waals surface area contributed by atoms with Crippen LogP contribution in [0.1, 0.15) is 5.56 Å². The van der Waals surface area contributed by atoms with Crippen molar-refractivity contribution >= 4 is 29.2 Å². The van der Waals surface area contributed by atoms with Gasteiger partial charge in [-0.2, -0.15) is 0 Å². The monoisotopic (exact) mass is 288 g/mol. The number of halogens is 2. The number of nitrogens with one attached hydrogen (secondary N) is 1. The van der Waals surface area contributed by atoms with Crippen LogP contribution in [0.5, 0.6) is 0 Å². The highest BCUT2D eigenvalue weighted by Crippen LogP contribution is 2.26. The second-order valence-electron chi connectivity index (χ2n) is 4.03. The molecule has 0 bridgehead atoms. The molecule has 0 spiro atoms. The van der Waals surface area contributed by atoms with Gasteiger partial charge in [-0.05, 0) is 11.6 Å². The summed E-state index contributed by atoms with van der Waals surface area (Å²) >= 11 is 11.9. The molecule has 0 unspecified atom stereocenters. The first kappa shape index (κ1) is 13.6. The van der Waals surface area contributed by atoms with E-state index in [1.807, 2.05) is 0 Å². The molecular weight excluding hydrogens is 275 g/mol. The Hall–Kier alpha value is -0.810. The zero-order valence-electron chi connectivity index (χ0n) is 9.79. The average Bonchev–Trinajstić information content (AvgIpc) is 2.36. The maximum absolute atomic E-state index is 11.8. The Kier molecular flexibility index (Phi) is 4.83. The highest BCUT2D eigenvalue weighted by Gasteiger charge is 2.16. The molecule has 0 amide bonds. The summed E-state index contributed by atoms with van der Waals surface area (Å²) in [6.45, 7) is 3.06. The Morgan fingerprint density at radius 1 is 1.33 bits per heavy atom. The molecule has 1 saturated heterocycles. The van der Waals surface area contributed by atoms with E-state index in [2.05, 4.69) is 5.32 Å². The van der Waals surface area contributed by atoms with Crippen LogP contribution in [0.3, 0.4) is 0 Å². The largest absolute Gasteiger partial charge is 0.367 e. The van der Waals surface area contributed by atoms with Gasteiger partial charge in [0.1, 0.15) is 0 Å².